The summed E-state index contributed by atoms with van der Waals surface area (Å²) in [7, 11) is 0. The van der Waals surface area contributed by atoms with Crippen molar-refractivity contribution in [3.05, 3.63) is 54.1 Å². The molecule has 0 saturated carbocycles. The first-order valence-electron chi connectivity index (χ1n) is 13.5. The Kier molecular flexibility index (Phi) is 14.1. The summed E-state index contributed by atoms with van der Waals surface area (Å²) in [5.41, 5.74) is 1.39. The van der Waals surface area contributed by atoms with Crippen LogP contribution in [0.1, 0.15) is 122 Å². The maximum absolute atomic E-state index is 2.45. The maximum atomic E-state index is 2.45. The van der Waals surface area contributed by atoms with Crippen LogP contribution in [0.2, 0.25) is 0 Å². The molecule has 0 amide bonds. The molecule has 0 aliphatic carbocycles. The molecule has 0 aliphatic rings. The lowest BCUT2D eigenvalue weighted by atomic mass is 10.0. The summed E-state index contributed by atoms with van der Waals surface area (Å²) in [6.45, 7) is 6.60. The number of hydrogen-bond donors (Lipinski definition) is 0. The molecule has 0 aliphatic heterocycles. The van der Waals surface area contributed by atoms with E-state index in [1.165, 1.54) is 114 Å². The van der Waals surface area contributed by atoms with Gasteiger partial charge in [0.1, 0.15) is 18.9 Å². The summed E-state index contributed by atoms with van der Waals surface area (Å²) in [6, 6.07) is 10.8. The smallest absolute Gasteiger partial charge is 0.235 e. The monoisotopic (exact) mass is 425 g/mol. The number of hydrogen-bond acceptors (Lipinski definition) is 0. The highest BCUT2D eigenvalue weighted by molar-refractivity contribution is 5.13. The lowest BCUT2D eigenvalue weighted by molar-refractivity contribution is -0.695. The second kappa shape index (κ2) is 17.0. The van der Waals surface area contributed by atoms with Crippen LogP contribution in [-0.4, -0.2) is 4.57 Å². The highest BCUT2D eigenvalue weighted by Gasteiger charge is 2.15. The Hall–Kier alpha value is -1.57. The average molecular weight is 426 g/mol. The van der Waals surface area contributed by atoms with Crippen molar-refractivity contribution in [2.24, 2.45) is 0 Å². The molecule has 1 aromatic carbocycles. The molecule has 174 valence electrons. The summed E-state index contributed by atoms with van der Waals surface area (Å²) in [4.78, 5) is 0. The van der Waals surface area contributed by atoms with Crippen LogP contribution in [0, 0.1) is 0 Å². The van der Waals surface area contributed by atoms with E-state index in [0.717, 1.165) is 13.1 Å². The topological polar surface area (TPSA) is 8.81 Å². The van der Waals surface area contributed by atoms with Gasteiger partial charge in [0.2, 0.25) is 0 Å². The molecule has 0 N–H and O–H groups in total. The van der Waals surface area contributed by atoms with Gasteiger partial charge in [-0.3, -0.25) is 0 Å². The molecule has 2 nitrogen and oxygen atoms in total. The van der Waals surface area contributed by atoms with Gasteiger partial charge in [-0.1, -0.05) is 127 Å². The summed E-state index contributed by atoms with van der Waals surface area (Å²) >= 11 is 0. The van der Waals surface area contributed by atoms with E-state index in [-0.39, 0.29) is 0 Å². The third kappa shape index (κ3) is 11.0. The largest absolute Gasteiger partial charge is 0.256 e. The van der Waals surface area contributed by atoms with Gasteiger partial charge in [-0.05, 0) is 18.9 Å². The fourth-order valence-corrected chi connectivity index (χ4v) is 4.65. The minimum absolute atomic E-state index is 0.988. The molecule has 0 atom stereocenters. The molecule has 0 radical (unpaired) electrons. The number of unbranched alkanes of at least 4 members (excludes halogenated alkanes) is 14. The van der Waals surface area contributed by atoms with Crippen LogP contribution in [-0.2, 0) is 19.5 Å². The second-order valence-corrected chi connectivity index (χ2v) is 9.31. The van der Waals surface area contributed by atoms with Crippen LogP contribution in [0.25, 0.3) is 0 Å². The van der Waals surface area contributed by atoms with Crippen molar-refractivity contribution in [3.63, 3.8) is 0 Å². The van der Waals surface area contributed by atoms with Crippen molar-refractivity contribution in [1.82, 2.24) is 4.57 Å². The highest BCUT2D eigenvalue weighted by Crippen LogP contribution is 2.14. The summed E-state index contributed by atoms with van der Waals surface area (Å²) in [6.07, 6.45) is 27.1. The van der Waals surface area contributed by atoms with Crippen molar-refractivity contribution >= 4 is 0 Å². The van der Waals surface area contributed by atoms with E-state index in [1.54, 1.807) is 0 Å². The standard InChI is InChI=1S/C29H49N2/c1-3-5-6-7-8-9-10-11-12-13-14-15-16-17-21-24-29-30(4-2)25-26-31(29)27-28-22-19-18-20-23-28/h18-20,22-23,25-26H,3-17,21,24,27H2,1-2H3/q+1. The maximum Gasteiger partial charge on any atom is 0.256 e. The third-order valence-corrected chi connectivity index (χ3v) is 6.63. The fourth-order valence-electron chi connectivity index (χ4n) is 4.65. The predicted octanol–water partition coefficient (Wildman–Crippen LogP) is 8.26. The minimum Gasteiger partial charge on any atom is -0.235 e. The quantitative estimate of drug-likeness (QED) is 0.158. The van der Waals surface area contributed by atoms with Crippen LogP contribution in [0.15, 0.2) is 42.7 Å². The van der Waals surface area contributed by atoms with E-state index in [2.05, 4.69) is 65.7 Å². The van der Waals surface area contributed by atoms with E-state index in [0.29, 0.717) is 0 Å². The normalized spacial score (nSPS) is 11.3. The summed E-state index contributed by atoms with van der Waals surface area (Å²) < 4.78 is 4.87. The Labute approximate surface area is 193 Å². The SMILES string of the molecule is CCCCCCCCCCCCCCCCCc1n(CC)cc[n+]1Cc1ccccc1. The molecule has 0 saturated heterocycles. The molecule has 2 heteroatoms. The van der Waals surface area contributed by atoms with Gasteiger partial charge in [0, 0.05) is 6.42 Å². The van der Waals surface area contributed by atoms with Crippen LogP contribution in [0.3, 0.4) is 0 Å². The van der Waals surface area contributed by atoms with E-state index in [4.69, 9.17) is 0 Å². The molecule has 2 aromatic rings. The van der Waals surface area contributed by atoms with E-state index < -0.39 is 0 Å². The number of nitrogens with zero attached hydrogens (tertiary/aromatic N) is 2. The molecule has 0 fully saturated rings. The Morgan fingerprint density at radius 2 is 1.16 bits per heavy atom. The molecule has 2 rings (SSSR count). The lowest BCUT2D eigenvalue weighted by Gasteiger charge is -2.05. The summed E-state index contributed by atoms with van der Waals surface area (Å²) in [5.74, 6) is 1.49. The van der Waals surface area contributed by atoms with Crippen molar-refractivity contribution in [1.29, 1.82) is 0 Å². The Morgan fingerprint density at radius 1 is 0.645 bits per heavy atom. The zero-order valence-corrected chi connectivity index (χ0v) is 20.7. The molecule has 1 aromatic heterocycles. The van der Waals surface area contributed by atoms with Gasteiger partial charge < -0.3 is 0 Å². The molecule has 0 bridgehead atoms. The van der Waals surface area contributed by atoms with Crippen molar-refractivity contribution in [2.75, 3.05) is 0 Å². The number of aryl methyl sites for hydroxylation is 1. The Morgan fingerprint density at radius 3 is 1.68 bits per heavy atom. The zero-order valence-electron chi connectivity index (χ0n) is 20.7. The molecular formula is C29H49N2+. The third-order valence-electron chi connectivity index (χ3n) is 6.63. The zero-order chi connectivity index (χ0) is 22.0. The van der Waals surface area contributed by atoms with Gasteiger partial charge in [0.05, 0.1) is 6.54 Å². The molecular weight excluding hydrogens is 376 g/mol. The highest BCUT2D eigenvalue weighted by atomic mass is 15.1. The van der Waals surface area contributed by atoms with Gasteiger partial charge in [0.15, 0.2) is 0 Å². The van der Waals surface area contributed by atoms with Crippen LogP contribution in [0.5, 0.6) is 0 Å². The molecule has 31 heavy (non-hydrogen) atoms. The number of benzene rings is 1. The van der Waals surface area contributed by atoms with Crippen LogP contribution >= 0.6 is 0 Å². The van der Waals surface area contributed by atoms with Gasteiger partial charge in [-0.25, -0.2) is 9.13 Å². The van der Waals surface area contributed by atoms with Gasteiger partial charge >= 0.3 is 0 Å². The van der Waals surface area contributed by atoms with Crippen molar-refractivity contribution < 1.29 is 4.57 Å². The number of rotatable bonds is 19. The lowest BCUT2D eigenvalue weighted by Crippen LogP contribution is -2.37. The minimum atomic E-state index is 0.988. The first-order valence-corrected chi connectivity index (χ1v) is 13.5. The first kappa shape index (κ1) is 25.7. The van der Waals surface area contributed by atoms with Gasteiger partial charge in [-0.2, -0.15) is 0 Å². The van der Waals surface area contributed by atoms with Crippen LogP contribution in [0.4, 0.5) is 0 Å². The van der Waals surface area contributed by atoms with Crippen molar-refractivity contribution in [2.45, 2.75) is 130 Å². The van der Waals surface area contributed by atoms with Gasteiger partial charge in [0.25, 0.3) is 5.82 Å². The van der Waals surface area contributed by atoms with E-state index in [9.17, 15) is 0 Å². The first-order chi connectivity index (χ1) is 15.3. The number of imidazole rings is 1. The molecule has 1 heterocycles. The predicted molar refractivity (Wildman–Crippen MR) is 134 cm³/mol. The average Bonchev–Trinajstić information content (AvgIpc) is 3.18. The summed E-state index contributed by atoms with van der Waals surface area (Å²) in [5, 5.41) is 0. The Bertz CT molecular complexity index is 659. The number of aromatic nitrogens is 2. The second-order valence-electron chi connectivity index (χ2n) is 9.31. The van der Waals surface area contributed by atoms with Crippen LogP contribution < -0.4 is 4.57 Å². The fraction of sp³-hybridized carbons (Fsp3) is 0.690. The Balaban J connectivity index is 1.50. The van der Waals surface area contributed by atoms with Crippen molar-refractivity contribution in [3.8, 4) is 0 Å². The molecule has 0 unspecified atom stereocenters. The molecule has 0 spiro atoms. The van der Waals surface area contributed by atoms with Gasteiger partial charge in [-0.15, -0.1) is 0 Å². The van der Waals surface area contributed by atoms with E-state index in [1.807, 2.05) is 0 Å². The van der Waals surface area contributed by atoms with E-state index >= 15 is 0 Å².